The molecular formula is C10H14N2. The van der Waals surface area contributed by atoms with Crippen LogP contribution >= 0.6 is 0 Å². The van der Waals surface area contributed by atoms with E-state index in [0.29, 0.717) is 6.42 Å². The first kappa shape index (κ1) is 8.78. The fraction of sp³-hybridized carbons (Fsp3) is 0.300. The molecule has 12 heavy (non-hydrogen) atoms. The number of aryl methyl sites for hydroxylation is 1. The summed E-state index contributed by atoms with van der Waals surface area (Å²) in [6.07, 6.45) is 1.60. The molecule has 2 nitrogen and oxygen atoms in total. The van der Waals surface area contributed by atoms with Crippen molar-refractivity contribution in [2.75, 3.05) is 0 Å². The van der Waals surface area contributed by atoms with Gasteiger partial charge in [0.1, 0.15) is 0 Å². The predicted octanol–water partition coefficient (Wildman–Crippen LogP) is 1.73. The van der Waals surface area contributed by atoms with Crippen LogP contribution in [0, 0.1) is 5.41 Å². The average Bonchev–Trinajstić information content (AvgIpc) is 2.03. The van der Waals surface area contributed by atoms with Crippen molar-refractivity contribution < 1.29 is 0 Å². The van der Waals surface area contributed by atoms with Crippen molar-refractivity contribution in [3.05, 3.63) is 35.4 Å². The fourth-order valence-corrected chi connectivity index (χ4v) is 1.18. The molecule has 1 aromatic rings. The summed E-state index contributed by atoms with van der Waals surface area (Å²) in [5, 5.41) is 7.14. The second kappa shape index (κ2) is 3.90. The van der Waals surface area contributed by atoms with Crippen LogP contribution in [0.1, 0.15) is 18.1 Å². The molecule has 2 heteroatoms. The van der Waals surface area contributed by atoms with Crippen LogP contribution in [0.4, 0.5) is 0 Å². The summed E-state index contributed by atoms with van der Waals surface area (Å²) >= 11 is 0. The maximum atomic E-state index is 7.14. The van der Waals surface area contributed by atoms with Crippen LogP contribution in [-0.2, 0) is 12.8 Å². The largest absolute Gasteiger partial charge is 0.387 e. The summed E-state index contributed by atoms with van der Waals surface area (Å²) in [5.74, 6) is 0.225. The normalized spacial score (nSPS) is 9.75. The molecule has 0 aromatic heterocycles. The van der Waals surface area contributed by atoms with Crippen LogP contribution in [0.5, 0.6) is 0 Å². The highest BCUT2D eigenvalue weighted by atomic mass is 14.7. The van der Waals surface area contributed by atoms with E-state index in [1.165, 1.54) is 5.56 Å². The van der Waals surface area contributed by atoms with E-state index in [9.17, 15) is 0 Å². The van der Waals surface area contributed by atoms with Gasteiger partial charge < -0.3 is 5.73 Å². The monoisotopic (exact) mass is 162 g/mol. The van der Waals surface area contributed by atoms with Gasteiger partial charge in [-0.3, -0.25) is 5.41 Å². The Balaban J connectivity index is 2.79. The molecule has 1 rings (SSSR count). The molecule has 1 aromatic carbocycles. The first-order valence-corrected chi connectivity index (χ1v) is 4.13. The van der Waals surface area contributed by atoms with Gasteiger partial charge in [-0.25, -0.2) is 0 Å². The molecule has 0 atom stereocenters. The van der Waals surface area contributed by atoms with Crippen molar-refractivity contribution >= 4 is 5.84 Å². The van der Waals surface area contributed by atoms with E-state index in [2.05, 4.69) is 19.1 Å². The van der Waals surface area contributed by atoms with E-state index in [0.717, 1.165) is 12.0 Å². The molecule has 0 saturated heterocycles. The molecule has 0 saturated carbocycles. The van der Waals surface area contributed by atoms with E-state index in [4.69, 9.17) is 11.1 Å². The van der Waals surface area contributed by atoms with Crippen molar-refractivity contribution in [3.63, 3.8) is 0 Å². The quantitative estimate of drug-likeness (QED) is 0.516. The smallest absolute Gasteiger partial charge is 0.0950 e. The van der Waals surface area contributed by atoms with Gasteiger partial charge in [0.25, 0.3) is 0 Å². The summed E-state index contributed by atoms with van der Waals surface area (Å²) in [6, 6.07) is 8.20. The summed E-state index contributed by atoms with van der Waals surface area (Å²) in [7, 11) is 0. The molecule has 0 unspecified atom stereocenters. The molecule has 0 bridgehead atoms. The molecule has 0 radical (unpaired) electrons. The van der Waals surface area contributed by atoms with Crippen LogP contribution in [-0.4, -0.2) is 5.84 Å². The number of benzene rings is 1. The second-order valence-electron chi connectivity index (χ2n) is 2.88. The van der Waals surface area contributed by atoms with Crippen LogP contribution in [0.3, 0.4) is 0 Å². The van der Waals surface area contributed by atoms with Crippen molar-refractivity contribution in [2.45, 2.75) is 19.8 Å². The van der Waals surface area contributed by atoms with Gasteiger partial charge in [0.2, 0.25) is 0 Å². The molecule has 3 N–H and O–H groups in total. The zero-order valence-corrected chi connectivity index (χ0v) is 7.30. The van der Waals surface area contributed by atoms with Gasteiger partial charge in [-0.05, 0) is 17.5 Å². The number of nitrogens with one attached hydrogen (secondary N) is 1. The third kappa shape index (κ3) is 2.38. The molecule has 0 aliphatic heterocycles. The van der Waals surface area contributed by atoms with Gasteiger partial charge >= 0.3 is 0 Å². The SMILES string of the molecule is CCc1cccc(CC(=N)N)c1. The van der Waals surface area contributed by atoms with Gasteiger partial charge in [0, 0.05) is 6.42 Å². The van der Waals surface area contributed by atoms with Crippen molar-refractivity contribution in [3.8, 4) is 0 Å². The highest BCUT2D eigenvalue weighted by Gasteiger charge is 1.95. The summed E-state index contributed by atoms with van der Waals surface area (Å²) in [5.41, 5.74) is 7.73. The lowest BCUT2D eigenvalue weighted by atomic mass is 10.1. The van der Waals surface area contributed by atoms with Crippen LogP contribution in [0.25, 0.3) is 0 Å². The highest BCUT2D eigenvalue weighted by molar-refractivity contribution is 5.79. The Morgan fingerprint density at radius 1 is 1.42 bits per heavy atom. The number of hydrogen-bond donors (Lipinski definition) is 2. The van der Waals surface area contributed by atoms with Crippen LogP contribution in [0.15, 0.2) is 24.3 Å². The Hall–Kier alpha value is -1.31. The third-order valence-corrected chi connectivity index (χ3v) is 1.79. The lowest BCUT2D eigenvalue weighted by Crippen LogP contribution is -2.12. The van der Waals surface area contributed by atoms with E-state index < -0.39 is 0 Å². The van der Waals surface area contributed by atoms with Crippen molar-refractivity contribution in [1.82, 2.24) is 0 Å². The second-order valence-corrected chi connectivity index (χ2v) is 2.88. The van der Waals surface area contributed by atoms with Gasteiger partial charge in [-0.1, -0.05) is 31.2 Å². The first-order chi connectivity index (χ1) is 5.72. The Kier molecular flexibility index (Phi) is 2.86. The lowest BCUT2D eigenvalue weighted by Gasteiger charge is -2.01. The van der Waals surface area contributed by atoms with Crippen LogP contribution in [0.2, 0.25) is 0 Å². The Labute approximate surface area is 72.9 Å². The molecule has 0 heterocycles. The minimum atomic E-state index is 0.225. The maximum Gasteiger partial charge on any atom is 0.0950 e. The number of rotatable bonds is 3. The molecular weight excluding hydrogens is 148 g/mol. The summed E-state index contributed by atoms with van der Waals surface area (Å²) in [4.78, 5) is 0. The van der Waals surface area contributed by atoms with Gasteiger partial charge in [0.05, 0.1) is 5.84 Å². The molecule has 0 aliphatic carbocycles. The Bertz CT molecular complexity index is 279. The molecule has 0 aliphatic rings. The number of amidine groups is 1. The lowest BCUT2D eigenvalue weighted by molar-refractivity contribution is 1.12. The first-order valence-electron chi connectivity index (χ1n) is 4.13. The summed E-state index contributed by atoms with van der Waals surface area (Å²) < 4.78 is 0. The maximum absolute atomic E-state index is 7.14. The number of hydrogen-bond acceptors (Lipinski definition) is 1. The Morgan fingerprint density at radius 3 is 2.67 bits per heavy atom. The van der Waals surface area contributed by atoms with Crippen molar-refractivity contribution in [1.29, 1.82) is 5.41 Å². The van der Waals surface area contributed by atoms with Crippen molar-refractivity contribution in [2.24, 2.45) is 5.73 Å². The zero-order valence-electron chi connectivity index (χ0n) is 7.30. The topological polar surface area (TPSA) is 49.9 Å². The molecule has 64 valence electrons. The zero-order chi connectivity index (χ0) is 8.97. The third-order valence-electron chi connectivity index (χ3n) is 1.79. The fourth-order valence-electron chi connectivity index (χ4n) is 1.18. The van der Waals surface area contributed by atoms with E-state index >= 15 is 0 Å². The predicted molar refractivity (Wildman–Crippen MR) is 51.4 cm³/mol. The standard InChI is InChI=1S/C10H14N2/c1-2-8-4-3-5-9(6-8)7-10(11)12/h3-6H,2,7H2,1H3,(H3,11,12). The van der Waals surface area contributed by atoms with E-state index in [1.54, 1.807) is 0 Å². The average molecular weight is 162 g/mol. The van der Waals surface area contributed by atoms with E-state index in [1.807, 2.05) is 12.1 Å². The number of nitrogens with two attached hydrogens (primary N) is 1. The van der Waals surface area contributed by atoms with Gasteiger partial charge in [-0.15, -0.1) is 0 Å². The highest BCUT2D eigenvalue weighted by Crippen LogP contribution is 2.06. The summed E-state index contributed by atoms with van der Waals surface area (Å²) in [6.45, 7) is 2.12. The Morgan fingerprint density at radius 2 is 2.08 bits per heavy atom. The molecule has 0 amide bonds. The van der Waals surface area contributed by atoms with Gasteiger partial charge in [-0.2, -0.15) is 0 Å². The molecule has 0 fully saturated rings. The minimum Gasteiger partial charge on any atom is -0.387 e. The van der Waals surface area contributed by atoms with Crippen LogP contribution < -0.4 is 5.73 Å². The molecule has 0 spiro atoms. The van der Waals surface area contributed by atoms with E-state index in [-0.39, 0.29) is 5.84 Å². The minimum absolute atomic E-state index is 0.225. The van der Waals surface area contributed by atoms with Gasteiger partial charge in [0.15, 0.2) is 0 Å².